The molecule has 0 radical (unpaired) electrons. The van der Waals surface area contributed by atoms with Crippen LogP contribution in [0.5, 0.6) is 0 Å². The third-order valence-corrected chi connectivity index (χ3v) is 2.90. The van der Waals surface area contributed by atoms with Crippen molar-refractivity contribution in [2.75, 3.05) is 0 Å². The third-order valence-electron chi connectivity index (χ3n) is 2.90. The number of hydrogen-bond acceptors (Lipinski definition) is 0. The summed E-state index contributed by atoms with van der Waals surface area (Å²) in [6.45, 7) is 4.41. The summed E-state index contributed by atoms with van der Waals surface area (Å²) in [6.07, 6.45) is 11.5. The molecule has 0 heterocycles. The quantitative estimate of drug-likeness (QED) is 0.500. The zero-order valence-electron chi connectivity index (χ0n) is 7.43. The molecule has 0 aromatic heterocycles. The van der Waals surface area contributed by atoms with Crippen molar-refractivity contribution in [2.45, 2.75) is 33.1 Å². The van der Waals surface area contributed by atoms with Gasteiger partial charge in [-0.3, -0.25) is 0 Å². The minimum Gasteiger partial charge on any atom is -0.0845 e. The van der Waals surface area contributed by atoms with E-state index in [-0.39, 0.29) is 0 Å². The molecule has 0 saturated heterocycles. The molecule has 1 fully saturated rings. The maximum Gasteiger partial charge on any atom is 0.00693 e. The fraction of sp³-hybridized carbons (Fsp3) is 0.636. The van der Waals surface area contributed by atoms with E-state index in [9.17, 15) is 0 Å². The molecule has 0 aromatic rings. The molecule has 60 valence electrons. The fourth-order valence-electron chi connectivity index (χ4n) is 2.54. The summed E-state index contributed by atoms with van der Waals surface area (Å²) in [4.78, 5) is 0. The Bertz CT molecular complexity index is 218. The highest BCUT2D eigenvalue weighted by atomic mass is 14.4. The van der Waals surface area contributed by atoms with Crippen LogP contribution in [0, 0.1) is 11.3 Å². The Morgan fingerprint density at radius 2 is 2.36 bits per heavy atom. The van der Waals surface area contributed by atoms with Crippen LogP contribution in [-0.2, 0) is 0 Å². The van der Waals surface area contributed by atoms with Gasteiger partial charge in [0.1, 0.15) is 0 Å². The Labute approximate surface area is 69.0 Å². The Morgan fingerprint density at radius 1 is 1.55 bits per heavy atom. The van der Waals surface area contributed by atoms with Crippen LogP contribution in [0.25, 0.3) is 0 Å². The van der Waals surface area contributed by atoms with Gasteiger partial charge in [-0.2, -0.15) is 0 Å². The molecule has 2 aliphatic rings. The van der Waals surface area contributed by atoms with Gasteiger partial charge in [0.05, 0.1) is 0 Å². The smallest absolute Gasteiger partial charge is 0.00693 e. The predicted molar refractivity (Wildman–Crippen MR) is 48.3 cm³/mol. The summed E-state index contributed by atoms with van der Waals surface area (Å²) in [5, 5.41) is 0. The van der Waals surface area contributed by atoms with E-state index in [2.05, 4.69) is 32.1 Å². The van der Waals surface area contributed by atoms with E-state index in [1.807, 2.05) is 0 Å². The van der Waals surface area contributed by atoms with Gasteiger partial charge in [-0.15, -0.1) is 0 Å². The van der Waals surface area contributed by atoms with Gasteiger partial charge >= 0.3 is 0 Å². The van der Waals surface area contributed by atoms with Crippen molar-refractivity contribution in [1.82, 2.24) is 0 Å². The second-order valence-corrected chi connectivity index (χ2v) is 4.32. The zero-order valence-corrected chi connectivity index (χ0v) is 7.43. The Balaban J connectivity index is 2.24. The Morgan fingerprint density at radius 3 is 2.73 bits per heavy atom. The zero-order chi connectivity index (χ0) is 7.90. The van der Waals surface area contributed by atoms with Crippen molar-refractivity contribution in [3.05, 3.63) is 23.8 Å². The van der Waals surface area contributed by atoms with E-state index in [0.29, 0.717) is 5.41 Å². The lowest BCUT2D eigenvalue weighted by Crippen LogP contribution is -2.07. The molecule has 2 aliphatic carbocycles. The molecule has 0 N–H and O–H groups in total. The highest BCUT2D eigenvalue weighted by molar-refractivity contribution is 5.24. The predicted octanol–water partition coefficient (Wildman–Crippen LogP) is 3.31. The van der Waals surface area contributed by atoms with E-state index in [1.165, 1.54) is 24.8 Å². The molecule has 0 spiro atoms. The lowest BCUT2D eigenvalue weighted by atomic mass is 9.86. The molecule has 0 aromatic carbocycles. The lowest BCUT2D eigenvalue weighted by molar-refractivity contribution is 0.520. The summed E-state index contributed by atoms with van der Waals surface area (Å²) in [6, 6.07) is 0. The SMILES string of the molecule is CC(C)=CC12C=CC(CC1)C2. The van der Waals surface area contributed by atoms with Gasteiger partial charge in [-0.1, -0.05) is 23.8 Å². The molecule has 11 heavy (non-hydrogen) atoms. The summed E-state index contributed by atoms with van der Waals surface area (Å²) >= 11 is 0. The van der Waals surface area contributed by atoms with E-state index >= 15 is 0 Å². The average Bonchev–Trinajstić information content (AvgIpc) is 2.43. The maximum atomic E-state index is 2.45. The molecular formula is C11H16. The van der Waals surface area contributed by atoms with Crippen LogP contribution in [0.4, 0.5) is 0 Å². The minimum absolute atomic E-state index is 0.490. The molecule has 2 atom stereocenters. The number of hydrogen-bond donors (Lipinski definition) is 0. The van der Waals surface area contributed by atoms with Crippen molar-refractivity contribution in [2.24, 2.45) is 11.3 Å². The minimum atomic E-state index is 0.490. The van der Waals surface area contributed by atoms with Gasteiger partial charge in [0.25, 0.3) is 0 Å². The van der Waals surface area contributed by atoms with Crippen molar-refractivity contribution in [1.29, 1.82) is 0 Å². The molecule has 2 rings (SSSR count). The molecular weight excluding hydrogens is 132 g/mol. The van der Waals surface area contributed by atoms with Crippen molar-refractivity contribution >= 4 is 0 Å². The third kappa shape index (κ3) is 1.15. The molecule has 0 amide bonds. The highest BCUT2D eigenvalue weighted by Crippen LogP contribution is 2.50. The number of fused-ring (bicyclic) bond motifs is 2. The maximum absolute atomic E-state index is 2.45. The topological polar surface area (TPSA) is 0 Å². The number of rotatable bonds is 1. The number of allylic oxidation sites excluding steroid dienone is 4. The standard InChI is InChI=1S/C11H16/c1-9(2)7-11-5-3-10(8-11)4-6-11/h3,5,7,10H,4,6,8H2,1-2H3. The van der Waals surface area contributed by atoms with Gasteiger partial charge in [-0.25, -0.2) is 0 Å². The Hall–Kier alpha value is -0.520. The highest BCUT2D eigenvalue weighted by Gasteiger charge is 2.38. The normalized spacial score (nSPS) is 39.6. The molecule has 0 nitrogen and oxygen atoms in total. The van der Waals surface area contributed by atoms with E-state index in [4.69, 9.17) is 0 Å². The first-order chi connectivity index (χ1) is 5.20. The van der Waals surface area contributed by atoms with Crippen LogP contribution in [0.3, 0.4) is 0 Å². The molecule has 2 unspecified atom stereocenters. The second kappa shape index (κ2) is 2.23. The van der Waals surface area contributed by atoms with E-state index in [0.717, 1.165) is 5.92 Å². The van der Waals surface area contributed by atoms with Crippen LogP contribution in [0.2, 0.25) is 0 Å². The van der Waals surface area contributed by atoms with Crippen molar-refractivity contribution in [3.63, 3.8) is 0 Å². The van der Waals surface area contributed by atoms with Crippen LogP contribution in [0.1, 0.15) is 33.1 Å². The molecule has 2 bridgehead atoms. The molecule has 0 heteroatoms. The second-order valence-electron chi connectivity index (χ2n) is 4.32. The van der Waals surface area contributed by atoms with Crippen molar-refractivity contribution in [3.8, 4) is 0 Å². The van der Waals surface area contributed by atoms with Crippen LogP contribution >= 0.6 is 0 Å². The summed E-state index contributed by atoms with van der Waals surface area (Å²) in [5.74, 6) is 0.908. The van der Waals surface area contributed by atoms with Gasteiger partial charge in [-0.05, 0) is 39.0 Å². The summed E-state index contributed by atoms with van der Waals surface area (Å²) < 4.78 is 0. The first kappa shape index (κ1) is 7.15. The van der Waals surface area contributed by atoms with E-state index < -0.39 is 0 Å². The first-order valence-electron chi connectivity index (χ1n) is 4.56. The van der Waals surface area contributed by atoms with Gasteiger partial charge in [0.15, 0.2) is 0 Å². The van der Waals surface area contributed by atoms with Crippen LogP contribution in [-0.4, -0.2) is 0 Å². The first-order valence-corrected chi connectivity index (χ1v) is 4.56. The van der Waals surface area contributed by atoms with E-state index in [1.54, 1.807) is 0 Å². The van der Waals surface area contributed by atoms with Crippen molar-refractivity contribution < 1.29 is 0 Å². The molecule has 1 saturated carbocycles. The Kier molecular flexibility index (Phi) is 1.45. The largest absolute Gasteiger partial charge is 0.0845 e. The summed E-state index contributed by atoms with van der Waals surface area (Å²) in [7, 11) is 0. The fourth-order valence-corrected chi connectivity index (χ4v) is 2.54. The summed E-state index contributed by atoms with van der Waals surface area (Å²) in [5.41, 5.74) is 1.96. The van der Waals surface area contributed by atoms with Crippen LogP contribution in [0.15, 0.2) is 23.8 Å². The van der Waals surface area contributed by atoms with Gasteiger partial charge in [0.2, 0.25) is 0 Å². The average molecular weight is 148 g/mol. The van der Waals surface area contributed by atoms with Crippen LogP contribution < -0.4 is 0 Å². The monoisotopic (exact) mass is 148 g/mol. The van der Waals surface area contributed by atoms with Gasteiger partial charge in [0, 0.05) is 5.41 Å². The lowest BCUT2D eigenvalue weighted by Gasteiger charge is -2.18. The van der Waals surface area contributed by atoms with Gasteiger partial charge < -0.3 is 0 Å². The molecule has 0 aliphatic heterocycles.